The van der Waals surface area contributed by atoms with E-state index >= 15 is 0 Å². The first kappa shape index (κ1) is 16.7. The molecule has 1 saturated carbocycles. The van der Waals surface area contributed by atoms with Gasteiger partial charge in [-0.1, -0.05) is 37.5 Å². The van der Waals surface area contributed by atoms with Crippen LogP contribution in [-0.2, 0) is 6.67 Å². The van der Waals surface area contributed by atoms with E-state index in [1.165, 1.54) is 37.8 Å². The minimum absolute atomic E-state index is 0.449. The Balaban J connectivity index is 1.36. The Hall–Kier alpha value is -1.73. The minimum atomic E-state index is 0.449. The molecule has 1 aliphatic carbocycles. The second-order valence-corrected chi connectivity index (χ2v) is 7.44. The van der Waals surface area contributed by atoms with Gasteiger partial charge in [0.05, 0.1) is 12.7 Å². The number of hydrogen-bond donors (Lipinski definition) is 0. The Morgan fingerprint density at radius 1 is 0.920 bits per heavy atom. The van der Waals surface area contributed by atoms with Crippen molar-refractivity contribution in [1.29, 1.82) is 0 Å². The Morgan fingerprint density at radius 2 is 1.64 bits per heavy atom. The van der Waals surface area contributed by atoms with Crippen LogP contribution in [0.3, 0.4) is 0 Å². The third-order valence-electron chi connectivity index (χ3n) is 5.41. The maximum atomic E-state index is 5.64. The SMILES string of the molecule is S=c1n(CN2CCN(c3ccccc3)CC2)nnn1C1CCCCC1. The number of hydrogen-bond acceptors (Lipinski definition) is 5. The molecule has 0 atom stereocenters. The third-order valence-corrected chi connectivity index (χ3v) is 5.81. The van der Waals surface area contributed by atoms with Crippen molar-refractivity contribution in [2.45, 2.75) is 44.8 Å². The molecule has 0 unspecified atom stereocenters. The van der Waals surface area contributed by atoms with Gasteiger partial charge < -0.3 is 4.90 Å². The molecule has 0 N–H and O–H groups in total. The second-order valence-electron chi connectivity index (χ2n) is 7.08. The van der Waals surface area contributed by atoms with Crippen molar-refractivity contribution < 1.29 is 0 Å². The van der Waals surface area contributed by atoms with Gasteiger partial charge in [0.2, 0.25) is 4.77 Å². The highest BCUT2D eigenvalue weighted by Gasteiger charge is 2.21. The molecule has 7 heteroatoms. The number of tetrazole rings is 1. The summed E-state index contributed by atoms with van der Waals surface area (Å²) in [6.07, 6.45) is 6.26. The van der Waals surface area contributed by atoms with Crippen LogP contribution in [0.15, 0.2) is 30.3 Å². The highest BCUT2D eigenvalue weighted by molar-refractivity contribution is 7.71. The lowest BCUT2D eigenvalue weighted by Gasteiger charge is -2.35. The van der Waals surface area contributed by atoms with E-state index in [0.29, 0.717) is 6.04 Å². The lowest BCUT2D eigenvalue weighted by atomic mass is 9.96. The molecule has 0 spiro atoms. The first-order chi connectivity index (χ1) is 12.3. The Morgan fingerprint density at radius 3 is 2.36 bits per heavy atom. The summed E-state index contributed by atoms with van der Waals surface area (Å²) in [4.78, 5) is 4.85. The summed E-state index contributed by atoms with van der Waals surface area (Å²) in [6, 6.07) is 11.1. The van der Waals surface area contributed by atoms with Gasteiger partial charge in [0.1, 0.15) is 0 Å². The van der Waals surface area contributed by atoms with Crippen molar-refractivity contribution in [3.05, 3.63) is 35.1 Å². The number of nitrogens with zero attached hydrogens (tertiary/aromatic N) is 6. The van der Waals surface area contributed by atoms with Gasteiger partial charge in [0.15, 0.2) is 0 Å². The molecular weight excluding hydrogens is 332 g/mol. The summed E-state index contributed by atoms with van der Waals surface area (Å²) in [5.41, 5.74) is 1.31. The van der Waals surface area contributed by atoms with Crippen LogP contribution >= 0.6 is 12.2 Å². The minimum Gasteiger partial charge on any atom is -0.369 e. The number of para-hydroxylation sites is 1. The predicted molar refractivity (Wildman–Crippen MR) is 101 cm³/mol. The summed E-state index contributed by atoms with van der Waals surface area (Å²) >= 11 is 5.64. The standard InChI is InChI=1S/C18H26N6S/c25-18-23(19-20-24(18)17-9-5-2-6-10-17)15-21-11-13-22(14-12-21)16-7-3-1-4-8-16/h1,3-4,7-8,17H,2,5-6,9-15H2. The van der Waals surface area contributed by atoms with Gasteiger partial charge in [-0.05, 0) is 47.6 Å². The van der Waals surface area contributed by atoms with E-state index in [-0.39, 0.29) is 0 Å². The molecule has 0 amide bonds. The highest BCUT2D eigenvalue weighted by atomic mass is 32.1. The van der Waals surface area contributed by atoms with Crippen molar-refractivity contribution in [1.82, 2.24) is 24.7 Å². The van der Waals surface area contributed by atoms with Crippen molar-refractivity contribution in [3.63, 3.8) is 0 Å². The monoisotopic (exact) mass is 358 g/mol. The Kier molecular flexibility index (Phi) is 5.12. The molecule has 2 aliphatic rings. The number of piperazine rings is 1. The zero-order valence-corrected chi connectivity index (χ0v) is 15.4. The van der Waals surface area contributed by atoms with E-state index in [1.54, 1.807) is 0 Å². The van der Waals surface area contributed by atoms with E-state index in [9.17, 15) is 0 Å². The average Bonchev–Trinajstić information content (AvgIpc) is 3.04. The molecule has 0 radical (unpaired) electrons. The van der Waals surface area contributed by atoms with Gasteiger partial charge in [-0.25, -0.2) is 9.36 Å². The predicted octanol–water partition coefficient (Wildman–Crippen LogP) is 3.09. The van der Waals surface area contributed by atoms with Gasteiger partial charge in [0.25, 0.3) is 0 Å². The van der Waals surface area contributed by atoms with Gasteiger partial charge in [-0.3, -0.25) is 4.90 Å². The number of rotatable bonds is 4. The summed E-state index contributed by atoms with van der Waals surface area (Å²) < 4.78 is 4.65. The van der Waals surface area contributed by atoms with Crippen molar-refractivity contribution in [2.24, 2.45) is 0 Å². The van der Waals surface area contributed by atoms with Crippen LogP contribution in [0, 0.1) is 4.77 Å². The van der Waals surface area contributed by atoms with Crippen LogP contribution in [0.4, 0.5) is 5.69 Å². The first-order valence-corrected chi connectivity index (χ1v) is 9.77. The maximum Gasteiger partial charge on any atom is 0.217 e. The lowest BCUT2D eigenvalue weighted by molar-refractivity contribution is 0.192. The van der Waals surface area contributed by atoms with Gasteiger partial charge in [-0.2, -0.15) is 0 Å². The van der Waals surface area contributed by atoms with E-state index in [1.807, 2.05) is 9.36 Å². The maximum absolute atomic E-state index is 5.64. The van der Waals surface area contributed by atoms with E-state index in [0.717, 1.165) is 37.6 Å². The van der Waals surface area contributed by atoms with Crippen molar-refractivity contribution >= 4 is 17.9 Å². The van der Waals surface area contributed by atoms with Crippen LogP contribution in [0.5, 0.6) is 0 Å². The molecule has 2 heterocycles. The molecule has 1 aromatic carbocycles. The van der Waals surface area contributed by atoms with E-state index in [2.05, 4.69) is 50.6 Å². The van der Waals surface area contributed by atoms with Crippen LogP contribution in [0.1, 0.15) is 38.1 Å². The van der Waals surface area contributed by atoms with E-state index in [4.69, 9.17) is 12.2 Å². The highest BCUT2D eigenvalue weighted by Crippen LogP contribution is 2.27. The first-order valence-electron chi connectivity index (χ1n) is 9.36. The van der Waals surface area contributed by atoms with Gasteiger partial charge in [-0.15, -0.1) is 0 Å². The summed E-state index contributed by atoms with van der Waals surface area (Å²) in [7, 11) is 0. The molecule has 1 aliphatic heterocycles. The Labute approximate surface area is 154 Å². The molecule has 1 saturated heterocycles. The van der Waals surface area contributed by atoms with E-state index < -0.39 is 0 Å². The molecule has 6 nitrogen and oxygen atoms in total. The normalized spacial score (nSPS) is 20.1. The quantitative estimate of drug-likeness (QED) is 0.786. The fourth-order valence-corrected chi connectivity index (χ4v) is 4.19. The molecule has 25 heavy (non-hydrogen) atoms. The fraction of sp³-hybridized carbons (Fsp3) is 0.611. The lowest BCUT2D eigenvalue weighted by Crippen LogP contribution is -2.47. The zero-order chi connectivity index (χ0) is 17.1. The average molecular weight is 359 g/mol. The molecular formula is C18H26N6S. The molecule has 4 rings (SSSR count). The van der Waals surface area contributed by atoms with Gasteiger partial charge in [0, 0.05) is 31.9 Å². The molecule has 134 valence electrons. The molecule has 2 aromatic rings. The molecule has 2 fully saturated rings. The summed E-state index contributed by atoms with van der Waals surface area (Å²) in [5, 5.41) is 8.69. The number of benzene rings is 1. The van der Waals surface area contributed by atoms with Crippen LogP contribution in [-0.4, -0.2) is 50.9 Å². The number of anilines is 1. The number of aromatic nitrogens is 4. The smallest absolute Gasteiger partial charge is 0.217 e. The van der Waals surface area contributed by atoms with Gasteiger partial charge >= 0.3 is 0 Å². The van der Waals surface area contributed by atoms with Crippen LogP contribution < -0.4 is 4.90 Å². The third kappa shape index (κ3) is 3.77. The topological polar surface area (TPSA) is 42.1 Å². The largest absolute Gasteiger partial charge is 0.369 e. The van der Waals surface area contributed by atoms with Crippen molar-refractivity contribution in [2.75, 3.05) is 31.1 Å². The van der Waals surface area contributed by atoms with Crippen LogP contribution in [0.25, 0.3) is 0 Å². The second kappa shape index (κ2) is 7.66. The Bertz CT molecular complexity index is 726. The fourth-order valence-electron chi connectivity index (χ4n) is 3.91. The summed E-state index contributed by atoms with van der Waals surface area (Å²) in [6.45, 7) is 4.86. The van der Waals surface area contributed by atoms with Crippen LogP contribution in [0.2, 0.25) is 0 Å². The molecule has 0 bridgehead atoms. The zero-order valence-electron chi connectivity index (χ0n) is 14.6. The summed E-state index contributed by atoms with van der Waals surface area (Å²) in [5.74, 6) is 0. The van der Waals surface area contributed by atoms with Crippen molar-refractivity contribution in [3.8, 4) is 0 Å². The molecule has 1 aromatic heterocycles.